The maximum absolute atomic E-state index is 10.5. The summed E-state index contributed by atoms with van der Waals surface area (Å²) >= 11 is 0. The lowest BCUT2D eigenvalue weighted by atomic mass is 10.1. The van der Waals surface area contributed by atoms with E-state index in [1.165, 1.54) is 11.3 Å². The van der Waals surface area contributed by atoms with E-state index >= 15 is 0 Å². The third kappa shape index (κ3) is 4.94. The van der Waals surface area contributed by atoms with Crippen molar-refractivity contribution >= 4 is 5.69 Å². The fourth-order valence-corrected chi connectivity index (χ4v) is 3.93. The largest absolute Gasteiger partial charge is 0.389 e. The molecule has 5 heteroatoms. The molecule has 1 fully saturated rings. The number of nitrogens with zero attached hydrogens (tertiary/aromatic N) is 2. The number of ether oxygens (including phenoxy) is 2. The molecule has 1 aromatic rings. The van der Waals surface area contributed by atoms with Gasteiger partial charge in [-0.15, -0.1) is 0 Å². The van der Waals surface area contributed by atoms with E-state index < -0.39 is 6.10 Å². The molecule has 0 bridgehead atoms. The molecule has 0 radical (unpaired) electrons. The third-order valence-corrected chi connectivity index (χ3v) is 5.33. The van der Waals surface area contributed by atoms with Crippen LogP contribution in [0.5, 0.6) is 0 Å². The van der Waals surface area contributed by atoms with Crippen LogP contribution in [-0.4, -0.2) is 68.2 Å². The molecule has 0 aromatic heterocycles. The molecule has 3 unspecified atom stereocenters. The highest BCUT2D eigenvalue weighted by molar-refractivity contribution is 5.54. The lowest BCUT2D eigenvalue weighted by Crippen LogP contribution is -2.44. The van der Waals surface area contributed by atoms with E-state index in [0.717, 1.165) is 39.0 Å². The molecule has 1 saturated heterocycles. The van der Waals surface area contributed by atoms with Crippen molar-refractivity contribution in [1.29, 1.82) is 0 Å². The van der Waals surface area contributed by atoms with Gasteiger partial charge in [0.25, 0.3) is 0 Å². The summed E-state index contributed by atoms with van der Waals surface area (Å²) in [5.41, 5.74) is 2.63. The molecule has 1 N–H and O–H groups in total. The molecule has 0 amide bonds. The molecule has 0 spiro atoms. The number of aliphatic hydroxyl groups excluding tert-OH is 1. The molecular formula is C20H32N2O3. The number of hydrogen-bond donors (Lipinski definition) is 1. The third-order valence-electron chi connectivity index (χ3n) is 5.33. The van der Waals surface area contributed by atoms with Gasteiger partial charge in [0.1, 0.15) is 0 Å². The van der Waals surface area contributed by atoms with Gasteiger partial charge in [-0.1, -0.05) is 25.1 Å². The first-order chi connectivity index (χ1) is 12.2. The Bertz CT molecular complexity index is 533. The van der Waals surface area contributed by atoms with Crippen LogP contribution in [0.3, 0.4) is 0 Å². The van der Waals surface area contributed by atoms with Crippen LogP contribution in [0.1, 0.15) is 31.7 Å². The minimum Gasteiger partial charge on any atom is -0.389 e. The summed E-state index contributed by atoms with van der Waals surface area (Å²) < 4.78 is 11.3. The van der Waals surface area contributed by atoms with Crippen LogP contribution in [0, 0.1) is 0 Å². The smallest absolute Gasteiger partial charge is 0.0900 e. The highest BCUT2D eigenvalue weighted by Crippen LogP contribution is 2.27. The lowest BCUT2D eigenvalue weighted by molar-refractivity contribution is -0.0292. The van der Waals surface area contributed by atoms with Crippen LogP contribution in [-0.2, 0) is 16.0 Å². The molecule has 0 saturated carbocycles. The second kappa shape index (κ2) is 8.99. The Morgan fingerprint density at radius 2 is 2.20 bits per heavy atom. The van der Waals surface area contributed by atoms with Gasteiger partial charge in [-0.3, -0.25) is 4.90 Å². The Labute approximate surface area is 151 Å². The predicted molar refractivity (Wildman–Crippen MR) is 100 cm³/mol. The monoisotopic (exact) mass is 348 g/mol. The zero-order chi connectivity index (χ0) is 17.6. The van der Waals surface area contributed by atoms with E-state index in [1.54, 1.807) is 0 Å². The number of hydrogen-bond acceptors (Lipinski definition) is 5. The zero-order valence-corrected chi connectivity index (χ0v) is 15.6. The van der Waals surface area contributed by atoms with Crippen LogP contribution in [0.4, 0.5) is 5.69 Å². The number of rotatable bonds is 7. The Morgan fingerprint density at radius 3 is 2.96 bits per heavy atom. The van der Waals surface area contributed by atoms with Gasteiger partial charge in [0, 0.05) is 45.0 Å². The van der Waals surface area contributed by atoms with Crippen LogP contribution >= 0.6 is 0 Å². The van der Waals surface area contributed by atoms with Crippen molar-refractivity contribution in [3.05, 3.63) is 29.8 Å². The number of likely N-dealkylation sites (N-methyl/N-ethyl adjacent to an activating group) is 1. The van der Waals surface area contributed by atoms with Gasteiger partial charge in [-0.05, 0) is 30.9 Å². The molecule has 5 nitrogen and oxygen atoms in total. The van der Waals surface area contributed by atoms with Crippen molar-refractivity contribution in [1.82, 2.24) is 4.90 Å². The highest BCUT2D eigenvalue weighted by Gasteiger charge is 2.26. The van der Waals surface area contributed by atoms with E-state index in [4.69, 9.17) is 9.47 Å². The molecule has 2 aliphatic rings. The van der Waals surface area contributed by atoms with Crippen molar-refractivity contribution < 1.29 is 14.6 Å². The summed E-state index contributed by atoms with van der Waals surface area (Å²) in [6, 6.07) is 9.01. The molecule has 2 aliphatic heterocycles. The summed E-state index contributed by atoms with van der Waals surface area (Å²) in [6.07, 6.45) is 3.01. The van der Waals surface area contributed by atoms with E-state index in [0.29, 0.717) is 25.8 Å². The molecule has 3 atom stereocenters. The normalized spacial score (nSPS) is 25.6. The molecule has 25 heavy (non-hydrogen) atoms. The van der Waals surface area contributed by atoms with Gasteiger partial charge in [-0.2, -0.15) is 0 Å². The molecule has 140 valence electrons. The molecule has 1 aromatic carbocycles. The molecule has 3 rings (SSSR count). The number of anilines is 1. The lowest BCUT2D eigenvalue weighted by Gasteiger charge is -2.32. The number of fused-ring (bicyclic) bond motifs is 1. The average molecular weight is 348 g/mol. The zero-order valence-electron chi connectivity index (χ0n) is 15.6. The first-order valence-corrected chi connectivity index (χ1v) is 9.58. The summed E-state index contributed by atoms with van der Waals surface area (Å²) in [6.45, 7) is 6.55. The van der Waals surface area contributed by atoms with Crippen LogP contribution in [0.2, 0.25) is 0 Å². The first-order valence-electron chi connectivity index (χ1n) is 9.58. The molecular weight excluding hydrogens is 316 g/mol. The Balaban J connectivity index is 1.55. The van der Waals surface area contributed by atoms with Crippen molar-refractivity contribution in [3.8, 4) is 0 Å². The maximum Gasteiger partial charge on any atom is 0.0900 e. The fraction of sp³-hybridized carbons (Fsp3) is 0.700. The van der Waals surface area contributed by atoms with Crippen molar-refractivity contribution in [3.63, 3.8) is 0 Å². The van der Waals surface area contributed by atoms with Crippen LogP contribution < -0.4 is 4.90 Å². The van der Waals surface area contributed by atoms with Gasteiger partial charge in [0.15, 0.2) is 0 Å². The van der Waals surface area contributed by atoms with Crippen LogP contribution in [0.25, 0.3) is 0 Å². The van der Waals surface area contributed by atoms with E-state index in [2.05, 4.69) is 48.0 Å². The summed E-state index contributed by atoms with van der Waals surface area (Å²) in [7, 11) is 2.16. The van der Waals surface area contributed by atoms with Crippen molar-refractivity contribution in [2.24, 2.45) is 0 Å². The standard InChI is InChI=1S/C20H32N2O3/c1-3-17-12-21(2)20-9-5-4-7-16(20)11-22(17)13-18(23)14-24-15-19-8-6-10-25-19/h4-5,7,9,17-19,23H,3,6,8,10-15H2,1-2H3. The highest BCUT2D eigenvalue weighted by atomic mass is 16.5. The summed E-state index contributed by atoms with van der Waals surface area (Å²) in [5, 5.41) is 10.5. The van der Waals surface area contributed by atoms with E-state index in [-0.39, 0.29) is 6.10 Å². The van der Waals surface area contributed by atoms with Crippen molar-refractivity contribution in [2.45, 2.75) is 51.0 Å². The van der Waals surface area contributed by atoms with Crippen molar-refractivity contribution in [2.75, 3.05) is 44.9 Å². The Hall–Kier alpha value is -1.14. The number of benzene rings is 1. The number of β-amino-alcohol motifs (C(OH)–C–C–N with tert-alkyl or cyclic N) is 1. The second-order valence-electron chi connectivity index (χ2n) is 7.33. The molecule has 2 heterocycles. The predicted octanol–water partition coefficient (Wildman–Crippen LogP) is 2.27. The van der Waals surface area contributed by atoms with Gasteiger partial charge in [0.2, 0.25) is 0 Å². The van der Waals surface area contributed by atoms with E-state index in [1.807, 2.05) is 0 Å². The Kier molecular flexibility index (Phi) is 6.70. The first kappa shape index (κ1) is 18.6. The average Bonchev–Trinajstić information content (AvgIpc) is 3.08. The minimum absolute atomic E-state index is 0.217. The van der Waals surface area contributed by atoms with Gasteiger partial charge in [0.05, 0.1) is 25.4 Å². The SMILES string of the molecule is CCC1CN(C)c2ccccc2CN1CC(O)COCC1CCCO1. The van der Waals surface area contributed by atoms with Gasteiger partial charge >= 0.3 is 0 Å². The van der Waals surface area contributed by atoms with Gasteiger partial charge < -0.3 is 19.5 Å². The Morgan fingerprint density at radius 1 is 1.36 bits per heavy atom. The maximum atomic E-state index is 10.5. The molecule has 0 aliphatic carbocycles. The van der Waals surface area contributed by atoms with E-state index in [9.17, 15) is 5.11 Å². The summed E-state index contributed by atoms with van der Waals surface area (Å²) in [4.78, 5) is 4.74. The topological polar surface area (TPSA) is 45.2 Å². The fourth-order valence-electron chi connectivity index (χ4n) is 3.93. The second-order valence-corrected chi connectivity index (χ2v) is 7.33. The quantitative estimate of drug-likeness (QED) is 0.819. The number of para-hydroxylation sites is 1. The number of aliphatic hydroxyl groups is 1. The van der Waals surface area contributed by atoms with Gasteiger partial charge in [-0.25, -0.2) is 0 Å². The summed E-state index contributed by atoms with van der Waals surface area (Å²) in [5.74, 6) is 0. The minimum atomic E-state index is -0.467. The van der Waals surface area contributed by atoms with Crippen LogP contribution in [0.15, 0.2) is 24.3 Å².